The maximum absolute atomic E-state index is 12.9. The fourth-order valence-corrected chi connectivity index (χ4v) is 21.7. The summed E-state index contributed by atoms with van der Waals surface area (Å²) in [6, 6.07) is 34.1. The van der Waals surface area contributed by atoms with E-state index in [1.54, 1.807) is 53.2 Å². The largest absolute Gasteiger partial charge is 0.415 e. The molecule has 0 amide bonds. The van der Waals surface area contributed by atoms with E-state index in [1.165, 1.54) is 57.3 Å². The number of aromatic nitrogens is 16. The quantitative estimate of drug-likeness (QED) is 0.128. The Morgan fingerprint density at radius 2 is 0.677 bits per heavy atom. The zero-order valence-corrected chi connectivity index (χ0v) is 80.1. The molecule has 0 saturated heterocycles. The third-order valence-corrected chi connectivity index (χ3v) is 29.7. The van der Waals surface area contributed by atoms with Gasteiger partial charge >= 0.3 is 0 Å². The standard InChI is InChI=1S/C23H23N3OS.C22H18N4OS.C22H21N3OS.C21H20N2OS.C19H18N4O2/c1-23(2)12-11-20-24-18-13-15(7-9-16(18)22(27)26(20)14-23)8-10-21-25-17-5-3-4-6-19(17)28-21;1-22(2)10-9-18-24-17-12-14(5-7-15(17)21(27)26(18)13-22)6-8-19-25-16-4-3-11-23-20(16)28-19;1-22(2)11-10-19-23-17-12-14(6-8-15(17)21(26)25(19)13-22)7-9-20-24-16-4-3-5-18(16)27-20;1-14-10-16(25-12-14)6-4-15-5-7-17-18(11-15)22-19-8-9-21(2,3)13-23(19)20(17)24;1-12-21-22-17(25-12)7-5-13-4-6-14-15(10-13)20-16-8-9-19(2,3)11-23(16)18(14)24/h7,9,13H,3-6,11-12,14H2,1-2H3;3-5,7,11-12H,9-10,13H2,1-2H3;6,8,12H,3-5,10-11,13H2,1-2H3;5,7,10-12H,8-9,13H2,1-3H3;4,6,10H,8-9,11H2,1-3H3. The van der Waals surface area contributed by atoms with Gasteiger partial charge in [-0.15, -0.1) is 39.1 Å². The maximum Gasteiger partial charge on any atom is 0.294 e. The van der Waals surface area contributed by atoms with Crippen molar-refractivity contribution in [3.05, 3.63) is 288 Å². The minimum Gasteiger partial charge on any atom is -0.415 e. The van der Waals surface area contributed by atoms with E-state index < -0.39 is 0 Å². The molecule has 23 rings (SSSR count). The van der Waals surface area contributed by atoms with Gasteiger partial charge in [-0.3, -0.25) is 46.8 Å². The van der Waals surface area contributed by atoms with E-state index in [-0.39, 0.29) is 60.8 Å². The highest BCUT2D eigenvalue weighted by Crippen LogP contribution is 2.37. The van der Waals surface area contributed by atoms with Crippen molar-refractivity contribution in [3.8, 4) is 59.2 Å². The molecule has 668 valence electrons. The van der Waals surface area contributed by atoms with Gasteiger partial charge in [-0.25, -0.2) is 44.9 Å². The Labute approximate surface area is 786 Å². The van der Waals surface area contributed by atoms with Crippen LogP contribution in [0, 0.1) is 100 Å². The summed E-state index contributed by atoms with van der Waals surface area (Å²) in [7, 11) is 0. The molecule has 0 unspecified atom stereocenters. The fourth-order valence-electron chi connectivity index (χ4n) is 18.2. The first-order valence-corrected chi connectivity index (χ1v) is 48.9. The number of aryl methyl sites for hydroxylation is 11. The molecule has 5 aliphatic heterocycles. The lowest BCUT2D eigenvalue weighted by molar-refractivity contribution is 0.240. The van der Waals surface area contributed by atoms with Gasteiger partial charge in [0.25, 0.3) is 33.7 Å². The third-order valence-electron chi connectivity index (χ3n) is 25.7. The van der Waals surface area contributed by atoms with Crippen LogP contribution >= 0.6 is 45.3 Å². The molecule has 11 aromatic heterocycles. The number of fused-ring (bicyclic) bond motifs is 13. The molecule has 0 N–H and O–H groups in total. The van der Waals surface area contributed by atoms with Crippen LogP contribution in [0.4, 0.5) is 0 Å². The van der Waals surface area contributed by atoms with Gasteiger partial charge in [0, 0.05) is 116 Å². The summed E-state index contributed by atoms with van der Waals surface area (Å²) >= 11 is 6.56. The minimum absolute atomic E-state index is 0.0276. The Hall–Kier alpha value is -13.3. The van der Waals surface area contributed by atoms with Crippen molar-refractivity contribution in [2.75, 3.05) is 0 Å². The van der Waals surface area contributed by atoms with Crippen LogP contribution in [0.1, 0.15) is 236 Å². The number of benzene rings is 5. The predicted octanol–water partition coefficient (Wildman–Crippen LogP) is 18.2. The van der Waals surface area contributed by atoms with Gasteiger partial charge < -0.3 is 4.42 Å². The molecule has 16 heterocycles. The van der Waals surface area contributed by atoms with E-state index in [9.17, 15) is 24.0 Å². The summed E-state index contributed by atoms with van der Waals surface area (Å²) in [5, 5.41) is 15.5. The first-order valence-electron chi connectivity index (χ1n) is 45.6. The molecule has 0 fully saturated rings. The Balaban J connectivity index is 0.000000107. The highest BCUT2D eigenvalue weighted by molar-refractivity contribution is 7.18. The van der Waals surface area contributed by atoms with E-state index >= 15 is 0 Å². The Morgan fingerprint density at radius 3 is 1.02 bits per heavy atom. The van der Waals surface area contributed by atoms with E-state index in [2.05, 4.69) is 177 Å². The van der Waals surface area contributed by atoms with E-state index in [0.717, 1.165) is 220 Å². The van der Waals surface area contributed by atoms with Crippen molar-refractivity contribution in [1.82, 2.24) is 77.9 Å². The molecular weight excluding hydrogens is 1730 g/mol. The van der Waals surface area contributed by atoms with Crippen molar-refractivity contribution in [2.24, 2.45) is 27.1 Å². The average molecular weight is 1830 g/mol. The van der Waals surface area contributed by atoms with Crippen LogP contribution in [-0.2, 0) is 90.5 Å². The highest BCUT2D eigenvalue weighted by Gasteiger charge is 2.33. The monoisotopic (exact) mass is 1830 g/mol. The molecule has 16 aromatic rings. The SMILES string of the molecule is CC1(C)CCc2nc3cc(C#Cc4nc5c(s4)CCC5)ccc3c(=O)n2C1.CC1(C)CCc2nc3cc(C#Cc4nc5c(s4)CCCC5)ccc3c(=O)n2C1.CC1(C)CCc2nc3cc(C#Cc4nc5cccnc5s4)ccc3c(=O)n2C1.Cc1csc(C#Cc2ccc3c(=O)n4c(nc3c2)CCC(C)(C)C4)c1.Cc1nnc(C#Cc2ccc3c(=O)n4c(nc3c2)CCC(C)(C)C4)o1. The molecule has 0 spiro atoms. The first-order chi connectivity index (χ1) is 63.8. The van der Waals surface area contributed by atoms with Crippen LogP contribution in [0.5, 0.6) is 0 Å². The summed E-state index contributed by atoms with van der Waals surface area (Å²) in [6.45, 7) is 29.4. The maximum atomic E-state index is 12.9. The number of rotatable bonds is 0. The topological polar surface area (TPSA) is 265 Å². The molecule has 0 saturated carbocycles. The second kappa shape index (κ2) is 36.0. The highest BCUT2D eigenvalue weighted by atomic mass is 32.1. The van der Waals surface area contributed by atoms with Crippen LogP contribution in [0.15, 0.2) is 149 Å². The molecule has 0 bridgehead atoms. The minimum atomic E-state index is 0.0276. The van der Waals surface area contributed by atoms with Crippen molar-refractivity contribution >= 4 is 110 Å². The summed E-state index contributed by atoms with van der Waals surface area (Å²) in [6.07, 6.45) is 19.3. The number of nitrogens with zero attached hydrogens (tertiary/aromatic N) is 16. The Morgan fingerprint density at radius 1 is 0.338 bits per heavy atom. The van der Waals surface area contributed by atoms with E-state index in [1.807, 2.05) is 120 Å². The summed E-state index contributed by atoms with van der Waals surface area (Å²) in [5.74, 6) is 36.5. The average Bonchev–Trinajstić information content (AvgIpc) is 1.12. The predicted molar refractivity (Wildman–Crippen MR) is 529 cm³/mol. The number of thiazole rings is 3. The molecule has 22 nitrogen and oxygen atoms in total. The molecule has 5 aromatic carbocycles. The van der Waals surface area contributed by atoms with Crippen LogP contribution in [0.25, 0.3) is 64.9 Å². The third kappa shape index (κ3) is 19.8. The van der Waals surface area contributed by atoms with Gasteiger partial charge in [0.15, 0.2) is 15.0 Å². The van der Waals surface area contributed by atoms with Gasteiger partial charge in [0.2, 0.25) is 5.89 Å². The molecule has 26 heteroatoms. The second-order valence-corrected chi connectivity index (χ2v) is 43.7. The van der Waals surface area contributed by atoms with Crippen LogP contribution in [-0.4, -0.2) is 77.9 Å². The molecule has 0 radical (unpaired) electrons. The summed E-state index contributed by atoms with van der Waals surface area (Å²) in [5.41, 5.74) is 13.4. The lowest BCUT2D eigenvalue weighted by Gasteiger charge is -2.31. The molecule has 7 aliphatic rings. The molecule has 2 aliphatic carbocycles. The Bertz CT molecular complexity index is 7880. The zero-order valence-electron chi connectivity index (χ0n) is 76.8. The normalized spacial score (nSPS) is 16.2. The smallest absolute Gasteiger partial charge is 0.294 e. The number of hydrogen-bond donors (Lipinski definition) is 0. The van der Waals surface area contributed by atoms with Crippen LogP contribution < -0.4 is 27.8 Å². The van der Waals surface area contributed by atoms with E-state index in [0.29, 0.717) is 50.4 Å². The number of thiophene rings is 1. The molecule has 0 atom stereocenters. The van der Waals surface area contributed by atoms with Crippen molar-refractivity contribution in [1.29, 1.82) is 0 Å². The first kappa shape index (κ1) is 89.0. The van der Waals surface area contributed by atoms with Crippen molar-refractivity contribution in [2.45, 2.75) is 225 Å². The molecule has 133 heavy (non-hydrogen) atoms. The number of pyridine rings is 1. The molecular formula is C107H100N16O6S4. The van der Waals surface area contributed by atoms with Gasteiger partial charge in [0.1, 0.15) is 39.5 Å². The fraction of sp³-hybridized carbons (Fsp3) is 0.364. The Kier molecular flexibility index (Phi) is 24.1. The lowest BCUT2D eigenvalue weighted by atomic mass is 9.85. The summed E-state index contributed by atoms with van der Waals surface area (Å²) < 4.78 is 14.5. The zero-order chi connectivity index (χ0) is 92.4. The van der Waals surface area contributed by atoms with E-state index in [4.69, 9.17) is 29.3 Å². The van der Waals surface area contributed by atoms with Gasteiger partial charge in [-0.2, -0.15) is 0 Å². The van der Waals surface area contributed by atoms with Crippen molar-refractivity contribution in [3.63, 3.8) is 0 Å². The van der Waals surface area contributed by atoms with Gasteiger partial charge in [-0.1, -0.05) is 121 Å². The lowest BCUT2D eigenvalue weighted by Crippen LogP contribution is -2.36. The van der Waals surface area contributed by atoms with Gasteiger partial charge in [0.05, 0.1) is 70.8 Å². The van der Waals surface area contributed by atoms with Crippen LogP contribution in [0.2, 0.25) is 0 Å². The summed E-state index contributed by atoms with van der Waals surface area (Å²) in [4.78, 5) is 111. The van der Waals surface area contributed by atoms with Gasteiger partial charge in [-0.05, 0) is 255 Å². The second-order valence-electron chi connectivity index (χ2n) is 39.6. The van der Waals surface area contributed by atoms with Crippen molar-refractivity contribution < 1.29 is 4.42 Å². The van der Waals surface area contributed by atoms with Crippen LogP contribution in [0.3, 0.4) is 0 Å². The number of hydrogen-bond acceptors (Lipinski definition) is 21.